The Morgan fingerprint density at radius 1 is 0.806 bits per heavy atom. The summed E-state index contributed by atoms with van der Waals surface area (Å²) in [7, 11) is 1.64. The maximum atomic E-state index is 12.4. The molecule has 0 saturated carbocycles. The molecule has 0 unspecified atom stereocenters. The number of carbonyl (C=O) groups excluding carboxylic acids is 2. The van der Waals surface area contributed by atoms with Crippen LogP contribution in [0.3, 0.4) is 0 Å². The second-order valence-corrected chi connectivity index (χ2v) is 6.90. The van der Waals surface area contributed by atoms with Gasteiger partial charge in [-0.2, -0.15) is 0 Å². The average molecular weight is 419 g/mol. The number of anilines is 1. The molecule has 3 aromatic carbocycles. The normalized spacial score (nSPS) is 11.3. The van der Waals surface area contributed by atoms with Crippen molar-refractivity contribution in [3.8, 4) is 11.5 Å². The summed E-state index contributed by atoms with van der Waals surface area (Å²) in [4.78, 5) is 26.0. The van der Waals surface area contributed by atoms with Gasteiger partial charge in [-0.05, 0) is 48.9 Å². The van der Waals surface area contributed by atoms with E-state index in [1.165, 1.54) is 4.90 Å². The third-order valence-corrected chi connectivity index (χ3v) is 4.56. The lowest BCUT2D eigenvalue weighted by Crippen LogP contribution is -2.38. The fourth-order valence-electron chi connectivity index (χ4n) is 2.85. The third kappa shape index (κ3) is 6.60. The van der Waals surface area contributed by atoms with E-state index in [2.05, 4.69) is 0 Å². The molecule has 0 heterocycles. The van der Waals surface area contributed by atoms with Crippen LogP contribution in [0.2, 0.25) is 0 Å². The van der Waals surface area contributed by atoms with E-state index in [0.29, 0.717) is 18.1 Å². The minimum Gasteiger partial charge on any atom is -0.489 e. The smallest absolute Gasteiger partial charge is 0.344 e. The molecule has 0 fully saturated rings. The lowest BCUT2D eigenvalue weighted by molar-refractivity contribution is -0.155. The van der Waals surface area contributed by atoms with Gasteiger partial charge in [0.25, 0.3) is 5.91 Å². The summed E-state index contributed by atoms with van der Waals surface area (Å²) in [5.41, 5.74) is 1.80. The standard InChI is InChI=1S/C25H25NO5/c1-19(25(28)26(2)21-11-7-4-8-12-21)31-24(27)18-30-23-15-13-22(14-16-23)29-17-20-9-5-3-6-10-20/h3-16,19H,17-18H2,1-2H3/t19-/m1/s1. The largest absolute Gasteiger partial charge is 0.489 e. The monoisotopic (exact) mass is 419 g/mol. The van der Waals surface area contributed by atoms with Gasteiger partial charge >= 0.3 is 5.97 Å². The lowest BCUT2D eigenvalue weighted by atomic mass is 10.2. The molecule has 6 nitrogen and oxygen atoms in total. The van der Waals surface area contributed by atoms with Crippen molar-refractivity contribution in [2.24, 2.45) is 0 Å². The van der Waals surface area contributed by atoms with E-state index in [9.17, 15) is 9.59 Å². The van der Waals surface area contributed by atoms with Crippen molar-refractivity contribution < 1.29 is 23.8 Å². The van der Waals surface area contributed by atoms with Gasteiger partial charge in [-0.1, -0.05) is 48.5 Å². The molecule has 0 radical (unpaired) electrons. The first kappa shape index (κ1) is 21.9. The number of hydrogen-bond donors (Lipinski definition) is 0. The van der Waals surface area contributed by atoms with E-state index in [1.807, 2.05) is 60.7 Å². The van der Waals surface area contributed by atoms with Crippen LogP contribution in [0.4, 0.5) is 5.69 Å². The highest BCUT2D eigenvalue weighted by Crippen LogP contribution is 2.19. The fourth-order valence-corrected chi connectivity index (χ4v) is 2.85. The fraction of sp³-hybridized carbons (Fsp3) is 0.200. The van der Waals surface area contributed by atoms with Crippen LogP contribution in [0.1, 0.15) is 12.5 Å². The Hall–Kier alpha value is -3.80. The maximum Gasteiger partial charge on any atom is 0.344 e. The Morgan fingerprint density at radius 3 is 1.97 bits per heavy atom. The van der Waals surface area contributed by atoms with Crippen LogP contribution >= 0.6 is 0 Å². The summed E-state index contributed by atoms with van der Waals surface area (Å²) in [5.74, 6) is 0.262. The number of esters is 1. The molecular weight excluding hydrogens is 394 g/mol. The minimum atomic E-state index is -0.921. The Morgan fingerprint density at radius 2 is 1.35 bits per heavy atom. The van der Waals surface area contributed by atoms with E-state index in [-0.39, 0.29) is 12.5 Å². The minimum absolute atomic E-state index is 0.295. The van der Waals surface area contributed by atoms with E-state index >= 15 is 0 Å². The molecule has 0 saturated heterocycles. The first-order valence-electron chi connectivity index (χ1n) is 9.94. The van der Waals surface area contributed by atoms with Gasteiger partial charge < -0.3 is 19.1 Å². The number of carbonyl (C=O) groups is 2. The molecule has 1 amide bonds. The van der Waals surface area contributed by atoms with Crippen LogP contribution in [0.15, 0.2) is 84.9 Å². The first-order chi connectivity index (χ1) is 15.0. The molecular formula is C25H25NO5. The van der Waals surface area contributed by atoms with Gasteiger partial charge in [-0.15, -0.1) is 0 Å². The highest BCUT2D eigenvalue weighted by Gasteiger charge is 2.22. The first-order valence-corrected chi connectivity index (χ1v) is 9.94. The molecule has 0 aliphatic heterocycles. The van der Waals surface area contributed by atoms with Crippen molar-refractivity contribution >= 4 is 17.6 Å². The molecule has 3 aromatic rings. The number of hydrogen-bond acceptors (Lipinski definition) is 5. The van der Waals surface area contributed by atoms with Crippen LogP contribution < -0.4 is 14.4 Å². The summed E-state index contributed by atoms with van der Waals surface area (Å²) in [6.45, 7) is 1.71. The second-order valence-electron chi connectivity index (χ2n) is 6.90. The van der Waals surface area contributed by atoms with Crippen LogP contribution in [-0.2, 0) is 20.9 Å². The van der Waals surface area contributed by atoms with E-state index in [4.69, 9.17) is 14.2 Å². The Bertz CT molecular complexity index is 974. The molecule has 3 rings (SSSR count). The summed E-state index contributed by atoms with van der Waals surface area (Å²) < 4.78 is 16.4. The van der Waals surface area contributed by atoms with Gasteiger partial charge in [0.15, 0.2) is 12.7 Å². The van der Waals surface area contributed by atoms with Crippen LogP contribution in [0, 0.1) is 0 Å². The SMILES string of the molecule is C[C@@H](OC(=O)COc1ccc(OCc2ccccc2)cc1)C(=O)N(C)c1ccccc1. The molecule has 31 heavy (non-hydrogen) atoms. The number of para-hydroxylation sites is 1. The van der Waals surface area contributed by atoms with Gasteiger partial charge in [0, 0.05) is 12.7 Å². The number of likely N-dealkylation sites (N-methyl/N-ethyl adjacent to an activating group) is 1. The van der Waals surface area contributed by atoms with E-state index < -0.39 is 12.1 Å². The van der Waals surface area contributed by atoms with E-state index in [1.54, 1.807) is 38.2 Å². The van der Waals surface area contributed by atoms with Crippen molar-refractivity contribution in [2.45, 2.75) is 19.6 Å². The molecule has 0 aromatic heterocycles. The predicted molar refractivity (Wildman–Crippen MR) is 118 cm³/mol. The Kier molecular flexibility index (Phi) is 7.65. The topological polar surface area (TPSA) is 65.1 Å². The summed E-state index contributed by atoms with van der Waals surface area (Å²) >= 11 is 0. The van der Waals surface area contributed by atoms with Crippen LogP contribution in [-0.4, -0.2) is 31.6 Å². The van der Waals surface area contributed by atoms with Crippen molar-refractivity contribution in [2.75, 3.05) is 18.6 Å². The molecule has 6 heteroatoms. The number of ether oxygens (including phenoxy) is 3. The molecule has 0 N–H and O–H groups in total. The van der Waals surface area contributed by atoms with Gasteiger partial charge in [-0.25, -0.2) is 4.79 Å². The summed E-state index contributed by atoms with van der Waals surface area (Å²) in [5, 5.41) is 0. The average Bonchev–Trinajstić information content (AvgIpc) is 2.82. The van der Waals surface area contributed by atoms with Crippen molar-refractivity contribution in [1.82, 2.24) is 0 Å². The molecule has 160 valence electrons. The van der Waals surface area contributed by atoms with E-state index in [0.717, 1.165) is 11.3 Å². The zero-order valence-electron chi connectivity index (χ0n) is 17.6. The number of benzene rings is 3. The third-order valence-electron chi connectivity index (χ3n) is 4.56. The lowest BCUT2D eigenvalue weighted by Gasteiger charge is -2.21. The maximum absolute atomic E-state index is 12.4. The zero-order valence-corrected chi connectivity index (χ0v) is 17.6. The van der Waals surface area contributed by atoms with Crippen molar-refractivity contribution in [3.05, 3.63) is 90.5 Å². The van der Waals surface area contributed by atoms with Crippen LogP contribution in [0.25, 0.3) is 0 Å². The zero-order chi connectivity index (χ0) is 22.1. The summed E-state index contributed by atoms with van der Waals surface area (Å²) in [6, 6.07) is 26.0. The van der Waals surface area contributed by atoms with Crippen LogP contribution in [0.5, 0.6) is 11.5 Å². The molecule has 1 atom stereocenters. The highest BCUT2D eigenvalue weighted by atomic mass is 16.6. The molecule has 0 aliphatic rings. The molecule has 0 spiro atoms. The number of nitrogens with zero attached hydrogens (tertiary/aromatic N) is 1. The summed E-state index contributed by atoms with van der Waals surface area (Å²) in [6.07, 6.45) is -0.921. The highest BCUT2D eigenvalue weighted by molar-refractivity contribution is 5.96. The quantitative estimate of drug-likeness (QED) is 0.486. The van der Waals surface area contributed by atoms with Gasteiger partial charge in [0.2, 0.25) is 0 Å². The van der Waals surface area contributed by atoms with Gasteiger partial charge in [0.05, 0.1) is 0 Å². The second kappa shape index (κ2) is 10.8. The number of rotatable bonds is 9. The van der Waals surface area contributed by atoms with Crippen molar-refractivity contribution in [1.29, 1.82) is 0 Å². The van der Waals surface area contributed by atoms with Gasteiger partial charge in [-0.3, -0.25) is 4.79 Å². The predicted octanol–water partition coefficient (Wildman–Crippen LogP) is 4.24. The molecule has 0 aliphatic carbocycles. The Labute approximate surface area is 182 Å². The Balaban J connectivity index is 1.43. The van der Waals surface area contributed by atoms with Crippen molar-refractivity contribution in [3.63, 3.8) is 0 Å². The van der Waals surface area contributed by atoms with Gasteiger partial charge in [0.1, 0.15) is 18.1 Å². The molecule has 0 bridgehead atoms. The number of amides is 1.